The van der Waals surface area contributed by atoms with E-state index in [9.17, 15) is 4.79 Å². The number of piperidine rings is 1. The normalized spacial score (nSPS) is 30.3. The molecule has 1 saturated heterocycles. The van der Waals surface area contributed by atoms with Gasteiger partial charge in [0, 0.05) is 19.1 Å². The van der Waals surface area contributed by atoms with Crippen LogP contribution in [0.15, 0.2) is 0 Å². The van der Waals surface area contributed by atoms with Crippen LogP contribution in [-0.2, 0) is 4.79 Å². The van der Waals surface area contributed by atoms with E-state index >= 15 is 0 Å². The van der Waals surface area contributed by atoms with Crippen molar-refractivity contribution in [1.29, 1.82) is 0 Å². The van der Waals surface area contributed by atoms with Crippen molar-refractivity contribution >= 4 is 5.97 Å². The van der Waals surface area contributed by atoms with E-state index in [1.807, 2.05) is 0 Å². The number of nitrogens with zero attached hydrogens (tertiary/aromatic N) is 1. The van der Waals surface area contributed by atoms with Gasteiger partial charge in [0.25, 0.3) is 0 Å². The lowest BCUT2D eigenvalue weighted by Crippen LogP contribution is -2.47. The molecule has 0 aromatic rings. The molecule has 1 rings (SSSR count). The topological polar surface area (TPSA) is 66.6 Å². The van der Waals surface area contributed by atoms with Crippen molar-refractivity contribution in [3.63, 3.8) is 0 Å². The van der Waals surface area contributed by atoms with Crippen LogP contribution in [0, 0.1) is 5.92 Å². The van der Waals surface area contributed by atoms with Crippen molar-refractivity contribution in [2.75, 3.05) is 19.6 Å². The smallest absolute Gasteiger partial charge is 0.304 e. The van der Waals surface area contributed by atoms with E-state index < -0.39 is 5.97 Å². The third-order valence-corrected chi connectivity index (χ3v) is 2.74. The number of aliphatic carboxylic acids is 1. The van der Waals surface area contributed by atoms with Gasteiger partial charge in [-0.15, -0.1) is 0 Å². The van der Waals surface area contributed by atoms with Crippen LogP contribution in [0.5, 0.6) is 0 Å². The Balaban J connectivity index is 2.25. The molecule has 0 spiro atoms. The first-order chi connectivity index (χ1) is 6.09. The second-order valence-electron chi connectivity index (χ2n) is 3.87. The summed E-state index contributed by atoms with van der Waals surface area (Å²) in [5.41, 5.74) is 5.89. The van der Waals surface area contributed by atoms with Crippen LogP contribution in [0.4, 0.5) is 0 Å². The summed E-state index contributed by atoms with van der Waals surface area (Å²) in [4.78, 5) is 12.5. The van der Waals surface area contributed by atoms with Crippen LogP contribution >= 0.6 is 0 Å². The van der Waals surface area contributed by atoms with Crippen LogP contribution in [0.3, 0.4) is 0 Å². The lowest BCUT2D eigenvalue weighted by Gasteiger charge is -2.34. The Kier molecular flexibility index (Phi) is 3.69. The van der Waals surface area contributed by atoms with Crippen LogP contribution in [-0.4, -0.2) is 41.7 Å². The molecule has 1 aliphatic heterocycles. The molecule has 3 N–H and O–H groups in total. The zero-order valence-corrected chi connectivity index (χ0v) is 8.07. The highest BCUT2D eigenvalue weighted by molar-refractivity contribution is 5.66. The first-order valence-corrected chi connectivity index (χ1v) is 4.79. The summed E-state index contributed by atoms with van der Waals surface area (Å²) in [6.07, 6.45) is 1.31. The molecule has 1 aliphatic rings. The monoisotopic (exact) mass is 186 g/mol. The molecular weight excluding hydrogens is 168 g/mol. The average Bonchev–Trinajstić information content (AvgIpc) is 2.07. The van der Waals surface area contributed by atoms with Crippen molar-refractivity contribution in [1.82, 2.24) is 4.90 Å². The van der Waals surface area contributed by atoms with Crippen molar-refractivity contribution in [2.24, 2.45) is 11.7 Å². The van der Waals surface area contributed by atoms with Gasteiger partial charge >= 0.3 is 5.97 Å². The fourth-order valence-electron chi connectivity index (χ4n) is 1.63. The molecule has 2 atom stereocenters. The molecule has 76 valence electrons. The van der Waals surface area contributed by atoms with E-state index in [1.165, 1.54) is 0 Å². The van der Waals surface area contributed by atoms with Gasteiger partial charge in [0.1, 0.15) is 0 Å². The van der Waals surface area contributed by atoms with Crippen molar-refractivity contribution in [3.8, 4) is 0 Å². The second-order valence-corrected chi connectivity index (χ2v) is 3.87. The minimum absolute atomic E-state index is 0.211. The van der Waals surface area contributed by atoms with Gasteiger partial charge in [0.15, 0.2) is 0 Å². The molecule has 0 aromatic carbocycles. The summed E-state index contributed by atoms with van der Waals surface area (Å²) in [6, 6.07) is 0.211. The highest BCUT2D eigenvalue weighted by Crippen LogP contribution is 2.15. The Morgan fingerprint density at radius 2 is 2.38 bits per heavy atom. The van der Waals surface area contributed by atoms with E-state index in [2.05, 4.69) is 11.8 Å². The Morgan fingerprint density at radius 1 is 1.69 bits per heavy atom. The number of rotatable bonds is 3. The van der Waals surface area contributed by atoms with E-state index in [0.29, 0.717) is 12.5 Å². The second kappa shape index (κ2) is 4.58. The SMILES string of the molecule is CC1CCN(CCC(=O)O)CC1N. The fraction of sp³-hybridized carbons (Fsp3) is 0.889. The summed E-state index contributed by atoms with van der Waals surface area (Å²) in [5.74, 6) is -0.159. The van der Waals surface area contributed by atoms with Crippen LogP contribution in [0.2, 0.25) is 0 Å². The number of hydrogen-bond donors (Lipinski definition) is 2. The Morgan fingerprint density at radius 3 is 2.92 bits per heavy atom. The maximum Gasteiger partial charge on any atom is 0.304 e. The van der Waals surface area contributed by atoms with Gasteiger partial charge < -0.3 is 15.7 Å². The molecule has 0 aromatic heterocycles. The molecule has 4 heteroatoms. The Bertz CT molecular complexity index is 184. The first kappa shape index (κ1) is 10.5. The Labute approximate surface area is 78.7 Å². The van der Waals surface area contributed by atoms with Gasteiger partial charge in [-0.1, -0.05) is 6.92 Å². The van der Waals surface area contributed by atoms with Gasteiger partial charge in [-0.2, -0.15) is 0 Å². The summed E-state index contributed by atoms with van der Waals surface area (Å²) in [5, 5.41) is 8.50. The number of hydrogen-bond acceptors (Lipinski definition) is 3. The van der Waals surface area contributed by atoms with Crippen LogP contribution in [0.25, 0.3) is 0 Å². The third-order valence-electron chi connectivity index (χ3n) is 2.74. The van der Waals surface area contributed by atoms with Crippen LogP contribution in [0.1, 0.15) is 19.8 Å². The largest absolute Gasteiger partial charge is 0.481 e. The van der Waals surface area contributed by atoms with Crippen molar-refractivity contribution in [2.45, 2.75) is 25.8 Å². The molecule has 0 aliphatic carbocycles. The zero-order chi connectivity index (χ0) is 9.84. The predicted molar refractivity (Wildman–Crippen MR) is 50.4 cm³/mol. The molecule has 1 heterocycles. The number of likely N-dealkylation sites (tertiary alicyclic amines) is 1. The number of carboxylic acid groups (broad SMARTS) is 1. The molecule has 0 radical (unpaired) electrons. The quantitative estimate of drug-likeness (QED) is 0.657. The summed E-state index contributed by atoms with van der Waals surface area (Å²) >= 11 is 0. The zero-order valence-electron chi connectivity index (χ0n) is 8.07. The van der Waals surface area contributed by atoms with Gasteiger partial charge in [0.2, 0.25) is 0 Å². The third kappa shape index (κ3) is 3.32. The summed E-state index contributed by atoms with van der Waals surface area (Å²) in [7, 11) is 0. The van der Waals surface area contributed by atoms with Gasteiger partial charge in [0.05, 0.1) is 6.42 Å². The van der Waals surface area contributed by atoms with Gasteiger partial charge in [-0.05, 0) is 18.9 Å². The summed E-state index contributed by atoms with van der Waals surface area (Å²) < 4.78 is 0. The molecule has 13 heavy (non-hydrogen) atoms. The minimum atomic E-state index is -0.729. The number of carbonyl (C=O) groups is 1. The minimum Gasteiger partial charge on any atom is -0.481 e. The lowest BCUT2D eigenvalue weighted by molar-refractivity contribution is -0.137. The molecule has 0 amide bonds. The molecule has 2 unspecified atom stereocenters. The molecule has 0 bridgehead atoms. The van der Waals surface area contributed by atoms with Crippen molar-refractivity contribution < 1.29 is 9.90 Å². The number of carboxylic acids is 1. The average molecular weight is 186 g/mol. The van der Waals surface area contributed by atoms with E-state index in [1.54, 1.807) is 0 Å². The number of nitrogens with two attached hydrogens (primary N) is 1. The van der Waals surface area contributed by atoms with Gasteiger partial charge in [-0.25, -0.2) is 0 Å². The Hall–Kier alpha value is -0.610. The predicted octanol–water partition coefficient (Wildman–Crippen LogP) is 0.130. The first-order valence-electron chi connectivity index (χ1n) is 4.79. The lowest BCUT2D eigenvalue weighted by atomic mass is 9.94. The molecular formula is C9H18N2O2. The standard InChI is InChI=1S/C9H18N2O2/c1-7-2-4-11(6-8(7)10)5-3-9(12)13/h7-8H,2-6,10H2,1H3,(H,12,13). The van der Waals surface area contributed by atoms with Crippen LogP contribution < -0.4 is 5.73 Å². The maximum atomic E-state index is 10.3. The highest BCUT2D eigenvalue weighted by Gasteiger charge is 2.22. The van der Waals surface area contributed by atoms with Crippen molar-refractivity contribution in [3.05, 3.63) is 0 Å². The molecule has 1 fully saturated rings. The molecule has 4 nitrogen and oxygen atoms in total. The highest BCUT2D eigenvalue weighted by atomic mass is 16.4. The fourth-order valence-corrected chi connectivity index (χ4v) is 1.63. The molecule has 0 saturated carbocycles. The van der Waals surface area contributed by atoms with E-state index in [-0.39, 0.29) is 12.5 Å². The maximum absolute atomic E-state index is 10.3. The summed E-state index contributed by atoms with van der Waals surface area (Å²) in [6.45, 7) is 4.62. The van der Waals surface area contributed by atoms with Gasteiger partial charge in [-0.3, -0.25) is 4.79 Å². The van der Waals surface area contributed by atoms with E-state index in [4.69, 9.17) is 10.8 Å². The van der Waals surface area contributed by atoms with E-state index in [0.717, 1.165) is 19.5 Å².